The summed E-state index contributed by atoms with van der Waals surface area (Å²) in [6.07, 6.45) is 1.45. The quantitative estimate of drug-likeness (QED) is 0.868. The zero-order valence-electron chi connectivity index (χ0n) is 11.3. The maximum Gasteiger partial charge on any atom is 0.247 e. The molecule has 2 rings (SSSR count). The fourth-order valence-electron chi connectivity index (χ4n) is 2.39. The largest absolute Gasteiger partial charge is 0.492 e. The van der Waals surface area contributed by atoms with E-state index in [-0.39, 0.29) is 17.5 Å². The predicted molar refractivity (Wildman–Crippen MR) is 79.3 cm³/mol. The van der Waals surface area contributed by atoms with E-state index in [0.29, 0.717) is 29.8 Å². The summed E-state index contributed by atoms with van der Waals surface area (Å²) in [5.74, 6) is 0.347. The number of hydrogen-bond acceptors (Lipinski definition) is 4. The van der Waals surface area contributed by atoms with Crippen LogP contribution in [-0.2, 0) is 10.0 Å². The van der Waals surface area contributed by atoms with Gasteiger partial charge in [0.15, 0.2) is 0 Å². The number of nitrogens with zero attached hydrogens (tertiary/aromatic N) is 1. The minimum Gasteiger partial charge on any atom is -0.492 e. The third kappa shape index (κ3) is 3.00. The number of sulfonamides is 1. The van der Waals surface area contributed by atoms with Gasteiger partial charge in [0.1, 0.15) is 10.6 Å². The lowest BCUT2D eigenvalue weighted by atomic mass is 10.2. The highest BCUT2D eigenvalue weighted by Crippen LogP contribution is 2.33. The number of aliphatic hydroxyl groups excluding tert-OH is 1. The maximum atomic E-state index is 12.8. The number of ether oxygens (including phenoxy) is 1. The molecule has 0 bridgehead atoms. The molecule has 0 aromatic heterocycles. The molecule has 0 saturated carbocycles. The van der Waals surface area contributed by atoms with Crippen LogP contribution in [0.15, 0.2) is 27.6 Å². The van der Waals surface area contributed by atoms with E-state index in [9.17, 15) is 13.5 Å². The molecular weight excluding hydrogens is 346 g/mol. The van der Waals surface area contributed by atoms with Crippen molar-refractivity contribution in [3.63, 3.8) is 0 Å². The molecule has 1 aromatic rings. The van der Waals surface area contributed by atoms with E-state index in [1.807, 2.05) is 6.92 Å². The van der Waals surface area contributed by atoms with E-state index >= 15 is 0 Å². The van der Waals surface area contributed by atoms with Crippen molar-refractivity contribution in [3.05, 3.63) is 22.7 Å². The second-order valence-electron chi connectivity index (χ2n) is 4.62. The summed E-state index contributed by atoms with van der Waals surface area (Å²) in [6.45, 7) is 2.49. The molecule has 0 spiro atoms. The van der Waals surface area contributed by atoms with Gasteiger partial charge in [0.25, 0.3) is 0 Å². The molecule has 1 unspecified atom stereocenters. The van der Waals surface area contributed by atoms with Gasteiger partial charge in [0.05, 0.1) is 13.2 Å². The Morgan fingerprint density at radius 3 is 2.90 bits per heavy atom. The predicted octanol–water partition coefficient (Wildman–Crippen LogP) is 1.99. The number of halogens is 1. The molecule has 1 N–H and O–H groups in total. The first-order valence-electron chi connectivity index (χ1n) is 6.55. The lowest BCUT2D eigenvalue weighted by molar-refractivity contribution is 0.213. The van der Waals surface area contributed by atoms with Gasteiger partial charge in [-0.1, -0.05) is 15.9 Å². The van der Waals surface area contributed by atoms with Crippen LogP contribution < -0.4 is 4.74 Å². The summed E-state index contributed by atoms with van der Waals surface area (Å²) in [7, 11) is -3.66. The average Bonchev–Trinajstić information content (AvgIpc) is 2.90. The Morgan fingerprint density at radius 1 is 1.50 bits per heavy atom. The van der Waals surface area contributed by atoms with E-state index in [1.54, 1.807) is 18.2 Å². The van der Waals surface area contributed by atoms with Gasteiger partial charge in [-0.3, -0.25) is 0 Å². The molecule has 1 saturated heterocycles. The Labute approximate surface area is 127 Å². The molecule has 0 amide bonds. The van der Waals surface area contributed by atoms with Crippen molar-refractivity contribution < 1.29 is 18.3 Å². The van der Waals surface area contributed by atoms with Crippen molar-refractivity contribution in [2.24, 2.45) is 0 Å². The van der Waals surface area contributed by atoms with Gasteiger partial charge in [-0.25, -0.2) is 8.42 Å². The standard InChI is InChI=1S/C13H18BrNO4S/c1-2-19-12-6-5-10(14)8-13(12)20(17,18)15-7-3-4-11(15)9-16/h5-6,8,11,16H,2-4,7,9H2,1H3. The van der Waals surface area contributed by atoms with Gasteiger partial charge < -0.3 is 9.84 Å². The molecule has 5 nitrogen and oxygen atoms in total. The number of rotatable bonds is 5. The van der Waals surface area contributed by atoms with Crippen molar-refractivity contribution in [1.82, 2.24) is 4.31 Å². The van der Waals surface area contributed by atoms with E-state index in [2.05, 4.69) is 15.9 Å². The zero-order chi connectivity index (χ0) is 14.8. The molecule has 112 valence electrons. The van der Waals surface area contributed by atoms with Crippen LogP contribution in [0, 0.1) is 0 Å². The molecule has 1 aromatic carbocycles. The monoisotopic (exact) mass is 363 g/mol. The van der Waals surface area contributed by atoms with Crippen molar-refractivity contribution in [2.75, 3.05) is 19.8 Å². The first-order valence-corrected chi connectivity index (χ1v) is 8.79. The summed E-state index contributed by atoms with van der Waals surface area (Å²) in [6, 6.07) is 4.60. The van der Waals surface area contributed by atoms with Gasteiger partial charge in [-0.15, -0.1) is 0 Å². The van der Waals surface area contributed by atoms with Crippen molar-refractivity contribution in [3.8, 4) is 5.75 Å². The molecular formula is C13H18BrNO4S. The normalized spacial score (nSPS) is 20.2. The fraction of sp³-hybridized carbons (Fsp3) is 0.538. The fourth-order valence-corrected chi connectivity index (χ4v) is 4.75. The van der Waals surface area contributed by atoms with Crippen LogP contribution in [0.2, 0.25) is 0 Å². The summed E-state index contributed by atoms with van der Waals surface area (Å²) in [5.41, 5.74) is 0. The van der Waals surface area contributed by atoms with Crippen LogP contribution >= 0.6 is 15.9 Å². The minimum atomic E-state index is -3.66. The Morgan fingerprint density at radius 2 is 2.25 bits per heavy atom. The molecule has 1 fully saturated rings. The highest BCUT2D eigenvalue weighted by molar-refractivity contribution is 9.10. The van der Waals surface area contributed by atoms with Crippen LogP contribution in [0.5, 0.6) is 5.75 Å². The van der Waals surface area contributed by atoms with Crippen molar-refractivity contribution in [2.45, 2.75) is 30.7 Å². The number of hydrogen-bond donors (Lipinski definition) is 1. The Hall–Kier alpha value is -0.630. The van der Waals surface area contributed by atoms with Gasteiger partial charge in [-0.2, -0.15) is 4.31 Å². The van der Waals surface area contributed by atoms with Crippen LogP contribution in [0.1, 0.15) is 19.8 Å². The Bertz CT molecular complexity index is 576. The second-order valence-corrected chi connectivity index (χ2v) is 7.39. The van der Waals surface area contributed by atoms with Crippen molar-refractivity contribution in [1.29, 1.82) is 0 Å². The summed E-state index contributed by atoms with van der Waals surface area (Å²) >= 11 is 3.29. The summed E-state index contributed by atoms with van der Waals surface area (Å²) in [5, 5.41) is 9.33. The molecule has 7 heteroatoms. The minimum absolute atomic E-state index is 0.147. The van der Waals surface area contributed by atoms with Crippen molar-refractivity contribution >= 4 is 26.0 Å². The third-order valence-corrected chi connectivity index (χ3v) is 5.79. The summed E-state index contributed by atoms with van der Waals surface area (Å²) < 4.78 is 33.0. The van der Waals surface area contributed by atoms with E-state index in [4.69, 9.17) is 4.74 Å². The lowest BCUT2D eigenvalue weighted by Gasteiger charge is -2.23. The molecule has 0 aliphatic carbocycles. The van der Waals surface area contributed by atoms with E-state index < -0.39 is 10.0 Å². The summed E-state index contributed by atoms with van der Waals surface area (Å²) in [4.78, 5) is 0.147. The van der Waals surface area contributed by atoms with E-state index in [0.717, 1.165) is 6.42 Å². The molecule has 20 heavy (non-hydrogen) atoms. The Balaban J connectivity index is 2.45. The average molecular weight is 364 g/mol. The van der Waals surface area contributed by atoms with Gasteiger partial charge in [0.2, 0.25) is 10.0 Å². The van der Waals surface area contributed by atoms with Gasteiger partial charge in [0, 0.05) is 17.1 Å². The van der Waals surface area contributed by atoms with E-state index in [1.165, 1.54) is 4.31 Å². The Kier molecular flexibility index (Phi) is 5.06. The SMILES string of the molecule is CCOc1ccc(Br)cc1S(=O)(=O)N1CCCC1CO. The maximum absolute atomic E-state index is 12.8. The smallest absolute Gasteiger partial charge is 0.247 e. The van der Waals surface area contributed by atoms with Crippen LogP contribution in [0.4, 0.5) is 0 Å². The molecule has 1 aliphatic heterocycles. The highest BCUT2D eigenvalue weighted by atomic mass is 79.9. The highest BCUT2D eigenvalue weighted by Gasteiger charge is 2.36. The van der Waals surface area contributed by atoms with Crippen LogP contribution in [-0.4, -0.2) is 43.6 Å². The molecule has 1 aliphatic rings. The number of aliphatic hydroxyl groups is 1. The topological polar surface area (TPSA) is 66.8 Å². The molecule has 1 heterocycles. The second kappa shape index (κ2) is 6.43. The van der Waals surface area contributed by atoms with Crippen LogP contribution in [0.3, 0.4) is 0 Å². The molecule has 1 atom stereocenters. The lowest BCUT2D eigenvalue weighted by Crippen LogP contribution is -2.37. The van der Waals surface area contributed by atoms with Gasteiger partial charge >= 0.3 is 0 Å². The number of benzene rings is 1. The third-order valence-electron chi connectivity index (χ3n) is 3.33. The first kappa shape index (κ1) is 15.8. The molecule has 0 radical (unpaired) electrons. The first-order chi connectivity index (χ1) is 9.50. The van der Waals surface area contributed by atoms with Gasteiger partial charge in [-0.05, 0) is 38.0 Å². The zero-order valence-corrected chi connectivity index (χ0v) is 13.7. The van der Waals surface area contributed by atoms with Crippen LogP contribution in [0.25, 0.3) is 0 Å².